The van der Waals surface area contributed by atoms with Crippen molar-refractivity contribution in [1.82, 2.24) is 9.80 Å². The van der Waals surface area contributed by atoms with Crippen molar-refractivity contribution in [2.75, 3.05) is 26.7 Å². The van der Waals surface area contributed by atoms with Crippen molar-refractivity contribution >= 4 is 0 Å². The minimum atomic E-state index is -0.193. The van der Waals surface area contributed by atoms with Crippen LogP contribution in [0.3, 0.4) is 0 Å². The fraction of sp³-hybridized carbons (Fsp3) is 0.520. The molecule has 1 atom stereocenters. The molecule has 1 fully saturated rings. The van der Waals surface area contributed by atoms with Crippen molar-refractivity contribution < 1.29 is 9.13 Å². The summed E-state index contributed by atoms with van der Waals surface area (Å²) in [6.07, 6.45) is 0. The summed E-state index contributed by atoms with van der Waals surface area (Å²) < 4.78 is 19.7. The Morgan fingerprint density at radius 1 is 1.10 bits per heavy atom. The number of rotatable bonds is 5. The molecule has 1 aliphatic rings. The lowest BCUT2D eigenvalue weighted by molar-refractivity contribution is 0.00522. The van der Waals surface area contributed by atoms with Crippen molar-refractivity contribution in [3.8, 4) is 5.75 Å². The zero-order valence-electron chi connectivity index (χ0n) is 18.7. The number of methoxy groups -OCH3 is 1. The first kappa shape index (κ1) is 21.8. The second-order valence-electron chi connectivity index (χ2n) is 9.36. The first-order valence-electron chi connectivity index (χ1n) is 10.6. The van der Waals surface area contributed by atoms with E-state index in [0.29, 0.717) is 24.3 Å². The molecule has 4 heteroatoms. The van der Waals surface area contributed by atoms with Gasteiger partial charge in [-0.1, -0.05) is 44.2 Å². The zero-order chi connectivity index (χ0) is 21.2. The highest BCUT2D eigenvalue weighted by molar-refractivity contribution is 5.34. The molecule has 2 aromatic carbocycles. The van der Waals surface area contributed by atoms with E-state index >= 15 is 0 Å². The third kappa shape index (κ3) is 4.99. The van der Waals surface area contributed by atoms with Crippen molar-refractivity contribution in [1.29, 1.82) is 0 Å². The third-order valence-corrected chi connectivity index (χ3v) is 5.96. The third-order valence-electron chi connectivity index (χ3n) is 5.96. The average Bonchev–Trinajstić information content (AvgIpc) is 2.68. The largest absolute Gasteiger partial charge is 0.497 e. The molecule has 3 rings (SSSR count). The van der Waals surface area contributed by atoms with Crippen LogP contribution in [0.1, 0.15) is 63.3 Å². The average molecular weight is 399 g/mol. The lowest BCUT2D eigenvalue weighted by atomic mass is 9.88. The second-order valence-corrected chi connectivity index (χ2v) is 9.36. The van der Waals surface area contributed by atoms with Crippen LogP contribution in [0.2, 0.25) is 0 Å². The van der Waals surface area contributed by atoms with Gasteiger partial charge in [0.05, 0.1) is 7.11 Å². The first-order chi connectivity index (χ1) is 13.7. The Morgan fingerprint density at radius 2 is 1.83 bits per heavy atom. The standard InChI is InChI=1S/C25H35FN2O/c1-18(2)21-9-7-8-10-22(21)24-17-27(13-14-28(24)25(3,4)5)16-19-11-12-20(29-6)15-23(19)26/h7-12,15,18,24H,13-14,16-17H2,1-6H3. The maximum absolute atomic E-state index is 14.5. The number of hydrogen-bond acceptors (Lipinski definition) is 3. The predicted octanol–water partition coefficient (Wildman–Crippen LogP) is 5.62. The number of piperazine rings is 1. The fourth-order valence-electron chi connectivity index (χ4n) is 4.42. The van der Waals surface area contributed by atoms with Crippen LogP contribution >= 0.6 is 0 Å². The van der Waals surface area contributed by atoms with E-state index in [-0.39, 0.29) is 11.4 Å². The fourth-order valence-corrected chi connectivity index (χ4v) is 4.42. The molecule has 1 aliphatic heterocycles. The van der Waals surface area contributed by atoms with E-state index < -0.39 is 0 Å². The molecule has 1 unspecified atom stereocenters. The summed E-state index contributed by atoms with van der Waals surface area (Å²) in [6, 6.07) is 14.3. The topological polar surface area (TPSA) is 15.7 Å². The van der Waals surface area contributed by atoms with Gasteiger partial charge < -0.3 is 4.74 Å². The van der Waals surface area contributed by atoms with Gasteiger partial charge in [-0.25, -0.2) is 4.39 Å². The maximum Gasteiger partial charge on any atom is 0.131 e. The predicted molar refractivity (Wildman–Crippen MR) is 118 cm³/mol. The van der Waals surface area contributed by atoms with Crippen LogP contribution in [0.4, 0.5) is 4.39 Å². The molecule has 1 heterocycles. The highest BCUT2D eigenvalue weighted by Crippen LogP contribution is 2.36. The monoisotopic (exact) mass is 398 g/mol. The van der Waals surface area contributed by atoms with Crippen LogP contribution in [0.25, 0.3) is 0 Å². The van der Waals surface area contributed by atoms with Crippen LogP contribution in [0.15, 0.2) is 42.5 Å². The maximum atomic E-state index is 14.5. The van der Waals surface area contributed by atoms with E-state index in [9.17, 15) is 4.39 Å². The number of ether oxygens (including phenoxy) is 1. The van der Waals surface area contributed by atoms with E-state index in [1.807, 2.05) is 12.1 Å². The summed E-state index contributed by atoms with van der Waals surface area (Å²) in [7, 11) is 1.57. The zero-order valence-corrected chi connectivity index (χ0v) is 18.7. The summed E-state index contributed by atoms with van der Waals surface area (Å²) >= 11 is 0. The summed E-state index contributed by atoms with van der Waals surface area (Å²) in [4.78, 5) is 4.99. The van der Waals surface area contributed by atoms with Crippen molar-refractivity contribution in [2.45, 2.75) is 58.7 Å². The lowest BCUT2D eigenvalue weighted by Crippen LogP contribution is -2.55. The number of benzene rings is 2. The molecule has 0 bridgehead atoms. The molecule has 1 saturated heterocycles. The molecule has 0 spiro atoms. The molecular formula is C25H35FN2O. The van der Waals surface area contributed by atoms with Crippen molar-refractivity contribution in [3.63, 3.8) is 0 Å². The van der Waals surface area contributed by atoms with Gasteiger partial charge in [-0.2, -0.15) is 0 Å². The molecule has 0 amide bonds. The van der Waals surface area contributed by atoms with E-state index in [0.717, 1.165) is 25.2 Å². The Morgan fingerprint density at radius 3 is 2.45 bits per heavy atom. The highest BCUT2D eigenvalue weighted by Gasteiger charge is 2.36. The van der Waals surface area contributed by atoms with E-state index in [1.165, 1.54) is 17.2 Å². The Labute approximate surface area is 175 Å². The molecule has 2 aromatic rings. The van der Waals surface area contributed by atoms with E-state index in [4.69, 9.17) is 4.74 Å². The summed E-state index contributed by atoms with van der Waals surface area (Å²) in [6.45, 7) is 14.8. The quantitative estimate of drug-likeness (QED) is 0.650. The van der Waals surface area contributed by atoms with Crippen molar-refractivity contribution in [3.05, 3.63) is 65.0 Å². The molecule has 0 N–H and O–H groups in total. The van der Waals surface area contributed by atoms with E-state index in [1.54, 1.807) is 7.11 Å². The normalized spacial score (nSPS) is 19.0. The minimum Gasteiger partial charge on any atom is -0.497 e. The minimum absolute atomic E-state index is 0.0756. The molecule has 29 heavy (non-hydrogen) atoms. The van der Waals surface area contributed by atoms with Gasteiger partial charge in [-0.05, 0) is 43.9 Å². The Hall–Kier alpha value is -1.91. The molecular weight excluding hydrogens is 363 g/mol. The summed E-state index contributed by atoms with van der Waals surface area (Å²) in [5.41, 5.74) is 3.61. The molecule has 3 nitrogen and oxygen atoms in total. The smallest absolute Gasteiger partial charge is 0.131 e. The Bertz CT molecular complexity index is 828. The van der Waals surface area contributed by atoms with Gasteiger partial charge in [0.2, 0.25) is 0 Å². The van der Waals surface area contributed by atoms with Crippen LogP contribution in [-0.4, -0.2) is 42.1 Å². The summed E-state index contributed by atoms with van der Waals surface area (Å²) in [5, 5.41) is 0. The first-order valence-corrected chi connectivity index (χ1v) is 10.6. The summed E-state index contributed by atoms with van der Waals surface area (Å²) in [5.74, 6) is 0.844. The van der Waals surface area contributed by atoms with Gasteiger partial charge in [0, 0.05) is 49.4 Å². The number of nitrogens with zero attached hydrogens (tertiary/aromatic N) is 2. The van der Waals surface area contributed by atoms with Gasteiger partial charge in [-0.15, -0.1) is 0 Å². The van der Waals surface area contributed by atoms with Gasteiger partial charge in [0.25, 0.3) is 0 Å². The molecule has 0 aliphatic carbocycles. The number of hydrogen-bond donors (Lipinski definition) is 0. The molecule has 0 aromatic heterocycles. The van der Waals surface area contributed by atoms with Crippen LogP contribution in [-0.2, 0) is 6.54 Å². The Kier molecular flexibility index (Phi) is 6.65. The molecule has 0 saturated carbocycles. The Balaban J connectivity index is 1.88. The second kappa shape index (κ2) is 8.85. The van der Waals surface area contributed by atoms with Gasteiger partial charge in [-0.3, -0.25) is 9.80 Å². The molecule has 0 radical (unpaired) electrons. The van der Waals surface area contributed by atoms with Crippen LogP contribution in [0.5, 0.6) is 5.75 Å². The molecule has 158 valence electrons. The van der Waals surface area contributed by atoms with Gasteiger partial charge in [0.1, 0.15) is 11.6 Å². The lowest BCUT2D eigenvalue weighted by Gasteiger charge is -2.49. The number of halogens is 1. The van der Waals surface area contributed by atoms with Crippen LogP contribution < -0.4 is 4.74 Å². The highest BCUT2D eigenvalue weighted by atomic mass is 19.1. The van der Waals surface area contributed by atoms with Gasteiger partial charge >= 0.3 is 0 Å². The van der Waals surface area contributed by atoms with Crippen molar-refractivity contribution in [2.24, 2.45) is 0 Å². The SMILES string of the molecule is COc1ccc(CN2CCN(C(C)(C)C)C(c3ccccc3C(C)C)C2)c(F)c1. The van der Waals surface area contributed by atoms with E-state index in [2.05, 4.69) is 68.7 Å². The van der Waals surface area contributed by atoms with Gasteiger partial charge in [0.15, 0.2) is 0 Å². The van der Waals surface area contributed by atoms with Crippen LogP contribution in [0, 0.1) is 5.82 Å².